The van der Waals surface area contributed by atoms with E-state index in [0.29, 0.717) is 11.7 Å². The molecule has 1 aromatic heterocycles. The number of aromatic nitrogens is 1. The summed E-state index contributed by atoms with van der Waals surface area (Å²) in [6.45, 7) is 1.85. The van der Waals surface area contributed by atoms with E-state index in [4.69, 9.17) is 5.73 Å². The maximum Gasteiger partial charge on any atom is 0.168 e. The van der Waals surface area contributed by atoms with E-state index in [0.717, 1.165) is 12.0 Å². The number of carbonyl (C=O) groups excluding carboxylic acids is 1. The van der Waals surface area contributed by atoms with E-state index in [1.807, 2.05) is 19.1 Å². The Hall–Kier alpha value is -1.22. The molecule has 0 aromatic carbocycles. The smallest absolute Gasteiger partial charge is 0.168 e. The third kappa shape index (κ3) is 5.03. The zero-order valence-corrected chi connectivity index (χ0v) is 9.86. The molecule has 0 spiro atoms. The van der Waals surface area contributed by atoms with Gasteiger partial charge in [0.15, 0.2) is 6.29 Å². The highest BCUT2D eigenvalue weighted by atomic mass is 16.1. The van der Waals surface area contributed by atoms with Crippen molar-refractivity contribution in [1.29, 1.82) is 0 Å². The van der Waals surface area contributed by atoms with Crippen LogP contribution in [0.1, 0.15) is 48.3 Å². The fraction of sp³-hybridized carbons (Fsp3) is 0.538. The zero-order chi connectivity index (χ0) is 11.8. The van der Waals surface area contributed by atoms with Gasteiger partial charge in [-0.3, -0.25) is 9.78 Å². The molecule has 0 amide bonds. The van der Waals surface area contributed by atoms with Crippen LogP contribution >= 0.6 is 0 Å². The van der Waals surface area contributed by atoms with E-state index in [1.54, 1.807) is 6.07 Å². The lowest BCUT2D eigenvalue weighted by Crippen LogP contribution is -2.22. The van der Waals surface area contributed by atoms with Gasteiger partial charge in [0.1, 0.15) is 5.69 Å². The molecule has 1 heterocycles. The van der Waals surface area contributed by atoms with Gasteiger partial charge in [-0.05, 0) is 31.9 Å². The van der Waals surface area contributed by atoms with Crippen molar-refractivity contribution in [3.8, 4) is 0 Å². The molecule has 1 fully saturated rings. The summed E-state index contributed by atoms with van der Waals surface area (Å²) >= 11 is 0. The highest BCUT2D eigenvalue weighted by molar-refractivity contribution is 5.71. The minimum absolute atomic E-state index is 0.495. The van der Waals surface area contributed by atoms with E-state index < -0.39 is 0 Å². The first-order valence-electron chi connectivity index (χ1n) is 5.87. The Morgan fingerprint density at radius 3 is 2.38 bits per heavy atom. The van der Waals surface area contributed by atoms with Crippen molar-refractivity contribution in [2.75, 3.05) is 0 Å². The number of aldehydes is 1. The molecular formula is C13H20N2O. The van der Waals surface area contributed by atoms with Gasteiger partial charge < -0.3 is 5.73 Å². The average Bonchev–Trinajstić information content (AvgIpc) is 2.31. The monoisotopic (exact) mass is 220 g/mol. The van der Waals surface area contributed by atoms with E-state index >= 15 is 0 Å². The molecule has 1 aliphatic carbocycles. The SMILES string of the molecule is Cc1cccc(C=O)n1.NC1CCCCC1. The van der Waals surface area contributed by atoms with Crippen molar-refractivity contribution in [3.63, 3.8) is 0 Å². The van der Waals surface area contributed by atoms with Gasteiger partial charge in [-0.2, -0.15) is 0 Å². The number of nitrogens with zero attached hydrogens (tertiary/aromatic N) is 1. The van der Waals surface area contributed by atoms with Crippen molar-refractivity contribution < 1.29 is 4.79 Å². The Bertz CT molecular complexity index is 319. The van der Waals surface area contributed by atoms with Gasteiger partial charge in [0.2, 0.25) is 0 Å². The standard InChI is InChI=1S/C7H7NO.C6H13N/c1-6-3-2-4-7(5-9)8-6;7-6-4-2-1-3-5-6/h2-5H,1H3;6H,1-5,7H2. The van der Waals surface area contributed by atoms with E-state index in [-0.39, 0.29) is 0 Å². The third-order valence-electron chi connectivity index (χ3n) is 2.68. The first-order chi connectivity index (χ1) is 7.72. The van der Waals surface area contributed by atoms with Crippen LogP contribution in [0, 0.1) is 6.92 Å². The van der Waals surface area contributed by atoms with Crippen LogP contribution in [0.2, 0.25) is 0 Å². The zero-order valence-electron chi connectivity index (χ0n) is 9.86. The molecule has 1 aliphatic rings. The van der Waals surface area contributed by atoms with Gasteiger partial charge >= 0.3 is 0 Å². The average molecular weight is 220 g/mol. The molecule has 2 N–H and O–H groups in total. The molecule has 2 rings (SSSR count). The Balaban J connectivity index is 0.000000165. The Kier molecular flexibility index (Phi) is 5.72. The van der Waals surface area contributed by atoms with Crippen LogP contribution in [0.5, 0.6) is 0 Å². The summed E-state index contributed by atoms with van der Waals surface area (Å²) in [5, 5.41) is 0. The largest absolute Gasteiger partial charge is 0.328 e. The summed E-state index contributed by atoms with van der Waals surface area (Å²) in [4.78, 5) is 14.0. The van der Waals surface area contributed by atoms with Crippen LogP contribution in [0.15, 0.2) is 18.2 Å². The number of carbonyl (C=O) groups is 1. The van der Waals surface area contributed by atoms with Crippen LogP contribution < -0.4 is 5.73 Å². The summed E-state index contributed by atoms with van der Waals surface area (Å²) in [5.41, 5.74) is 7.00. The highest BCUT2D eigenvalue weighted by Gasteiger charge is 2.06. The van der Waals surface area contributed by atoms with Gasteiger partial charge in [0.05, 0.1) is 0 Å². The third-order valence-corrected chi connectivity index (χ3v) is 2.68. The maximum atomic E-state index is 10.1. The number of hydrogen-bond acceptors (Lipinski definition) is 3. The topological polar surface area (TPSA) is 56.0 Å². The first-order valence-corrected chi connectivity index (χ1v) is 5.87. The first kappa shape index (κ1) is 12.8. The maximum absolute atomic E-state index is 10.1. The Morgan fingerprint density at radius 1 is 1.31 bits per heavy atom. The lowest BCUT2D eigenvalue weighted by atomic mass is 9.97. The minimum Gasteiger partial charge on any atom is -0.328 e. The lowest BCUT2D eigenvalue weighted by Gasteiger charge is -2.15. The second kappa shape index (κ2) is 7.12. The fourth-order valence-corrected chi connectivity index (χ4v) is 1.76. The molecular weight excluding hydrogens is 200 g/mol. The molecule has 0 radical (unpaired) electrons. The lowest BCUT2D eigenvalue weighted by molar-refractivity contribution is 0.111. The summed E-state index contributed by atoms with van der Waals surface area (Å²) < 4.78 is 0. The number of pyridine rings is 1. The molecule has 0 atom stereocenters. The van der Waals surface area contributed by atoms with Crippen LogP contribution in [-0.2, 0) is 0 Å². The molecule has 0 unspecified atom stereocenters. The summed E-state index contributed by atoms with van der Waals surface area (Å²) in [6.07, 6.45) is 7.41. The predicted octanol–water partition coefficient (Wildman–Crippen LogP) is 2.48. The van der Waals surface area contributed by atoms with E-state index in [2.05, 4.69) is 4.98 Å². The molecule has 0 aliphatic heterocycles. The second-order valence-electron chi connectivity index (χ2n) is 4.22. The van der Waals surface area contributed by atoms with Crippen molar-refractivity contribution >= 4 is 6.29 Å². The predicted molar refractivity (Wildman–Crippen MR) is 65.4 cm³/mol. The Labute approximate surface area is 97.1 Å². The molecule has 16 heavy (non-hydrogen) atoms. The molecule has 1 saturated carbocycles. The second-order valence-corrected chi connectivity index (χ2v) is 4.22. The van der Waals surface area contributed by atoms with Gasteiger partial charge in [-0.25, -0.2) is 0 Å². The molecule has 3 nitrogen and oxygen atoms in total. The van der Waals surface area contributed by atoms with Gasteiger partial charge in [0.25, 0.3) is 0 Å². The van der Waals surface area contributed by atoms with Crippen LogP contribution in [0.3, 0.4) is 0 Å². The van der Waals surface area contributed by atoms with Crippen LogP contribution in [-0.4, -0.2) is 17.3 Å². The van der Waals surface area contributed by atoms with E-state index in [1.165, 1.54) is 32.1 Å². The number of hydrogen-bond donors (Lipinski definition) is 1. The van der Waals surface area contributed by atoms with E-state index in [9.17, 15) is 4.79 Å². The summed E-state index contributed by atoms with van der Waals surface area (Å²) in [5.74, 6) is 0. The Morgan fingerprint density at radius 2 is 2.00 bits per heavy atom. The summed E-state index contributed by atoms with van der Waals surface area (Å²) in [7, 11) is 0. The van der Waals surface area contributed by atoms with Crippen LogP contribution in [0.25, 0.3) is 0 Å². The quantitative estimate of drug-likeness (QED) is 0.740. The molecule has 3 heteroatoms. The van der Waals surface area contributed by atoms with Crippen molar-refractivity contribution in [2.45, 2.75) is 45.1 Å². The molecule has 88 valence electrons. The van der Waals surface area contributed by atoms with Crippen molar-refractivity contribution in [1.82, 2.24) is 4.98 Å². The summed E-state index contributed by atoms with van der Waals surface area (Å²) in [6, 6.07) is 5.88. The highest BCUT2D eigenvalue weighted by Crippen LogP contribution is 2.14. The van der Waals surface area contributed by atoms with Crippen molar-refractivity contribution in [3.05, 3.63) is 29.6 Å². The number of rotatable bonds is 1. The van der Waals surface area contributed by atoms with Gasteiger partial charge in [0, 0.05) is 11.7 Å². The normalized spacial score (nSPS) is 16.1. The van der Waals surface area contributed by atoms with Crippen molar-refractivity contribution in [2.24, 2.45) is 5.73 Å². The fourth-order valence-electron chi connectivity index (χ4n) is 1.76. The van der Waals surface area contributed by atoms with Gasteiger partial charge in [-0.1, -0.05) is 25.3 Å². The number of nitrogens with two attached hydrogens (primary N) is 1. The molecule has 0 saturated heterocycles. The number of aryl methyl sites for hydroxylation is 1. The minimum atomic E-state index is 0.495. The van der Waals surface area contributed by atoms with Gasteiger partial charge in [-0.15, -0.1) is 0 Å². The molecule has 0 bridgehead atoms. The molecule has 1 aromatic rings. The van der Waals surface area contributed by atoms with Crippen LogP contribution in [0.4, 0.5) is 0 Å².